The first-order valence-corrected chi connectivity index (χ1v) is 8.34. The highest BCUT2D eigenvalue weighted by atomic mass is 32.2. The summed E-state index contributed by atoms with van der Waals surface area (Å²) in [6.45, 7) is 8.83. The van der Waals surface area contributed by atoms with Crippen LogP contribution in [-0.4, -0.2) is 34.1 Å². The predicted molar refractivity (Wildman–Crippen MR) is 81.2 cm³/mol. The van der Waals surface area contributed by atoms with Gasteiger partial charge in [0, 0.05) is 31.4 Å². The SMILES string of the molecule is CCCNC(Cc1nccn1CC)C(C)CSC. The normalized spacial score (nSPS) is 14.7. The van der Waals surface area contributed by atoms with Gasteiger partial charge in [0.25, 0.3) is 0 Å². The zero-order valence-electron chi connectivity index (χ0n) is 12.1. The second-order valence-electron chi connectivity index (χ2n) is 4.83. The molecule has 0 fully saturated rings. The topological polar surface area (TPSA) is 29.9 Å². The van der Waals surface area contributed by atoms with E-state index < -0.39 is 0 Å². The van der Waals surface area contributed by atoms with E-state index in [0.29, 0.717) is 12.0 Å². The highest BCUT2D eigenvalue weighted by Crippen LogP contribution is 2.14. The maximum Gasteiger partial charge on any atom is 0.110 e. The van der Waals surface area contributed by atoms with Gasteiger partial charge in [-0.15, -0.1) is 0 Å². The minimum atomic E-state index is 0.533. The first-order valence-electron chi connectivity index (χ1n) is 6.95. The smallest absolute Gasteiger partial charge is 0.110 e. The van der Waals surface area contributed by atoms with Crippen LogP contribution in [0.5, 0.6) is 0 Å². The van der Waals surface area contributed by atoms with Crippen LogP contribution >= 0.6 is 11.8 Å². The Kier molecular flexibility index (Phi) is 7.44. The average molecular weight is 269 g/mol. The van der Waals surface area contributed by atoms with E-state index in [2.05, 4.69) is 48.1 Å². The van der Waals surface area contributed by atoms with Crippen molar-refractivity contribution in [3.8, 4) is 0 Å². The molecule has 0 aromatic carbocycles. The largest absolute Gasteiger partial charge is 0.335 e. The molecule has 0 aliphatic carbocycles. The van der Waals surface area contributed by atoms with Crippen molar-refractivity contribution < 1.29 is 0 Å². The molecule has 0 spiro atoms. The maximum absolute atomic E-state index is 4.49. The molecular formula is C14H27N3S. The van der Waals surface area contributed by atoms with E-state index in [1.54, 1.807) is 0 Å². The van der Waals surface area contributed by atoms with Gasteiger partial charge < -0.3 is 9.88 Å². The molecule has 0 saturated carbocycles. The van der Waals surface area contributed by atoms with Crippen LogP contribution in [0.3, 0.4) is 0 Å². The Bertz CT molecular complexity index is 325. The molecule has 1 N–H and O–H groups in total. The van der Waals surface area contributed by atoms with Crippen LogP contribution in [0.2, 0.25) is 0 Å². The van der Waals surface area contributed by atoms with Crippen LogP contribution in [-0.2, 0) is 13.0 Å². The Morgan fingerprint density at radius 3 is 2.83 bits per heavy atom. The molecule has 104 valence electrons. The fourth-order valence-corrected chi connectivity index (χ4v) is 2.96. The zero-order chi connectivity index (χ0) is 13.4. The van der Waals surface area contributed by atoms with E-state index in [-0.39, 0.29) is 0 Å². The molecule has 0 amide bonds. The third kappa shape index (κ3) is 4.65. The molecule has 0 radical (unpaired) electrons. The van der Waals surface area contributed by atoms with Crippen molar-refractivity contribution in [2.75, 3.05) is 18.6 Å². The van der Waals surface area contributed by atoms with E-state index in [0.717, 1.165) is 19.5 Å². The van der Waals surface area contributed by atoms with Crippen LogP contribution < -0.4 is 5.32 Å². The predicted octanol–water partition coefficient (Wildman–Crippen LogP) is 2.81. The molecule has 18 heavy (non-hydrogen) atoms. The number of hydrogen-bond acceptors (Lipinski definition) is 3. The summed E-state index contributed by atoms with van der Waals surface area (Å²) in [5, 5.41) is 3.68. The van der Waals surface area contributed by atoms with E-state index in [9.17, 15) is 0 Å². The van der Waals surface area contributed by atoms with Gasteiger partial charge >= 0.3 is 0 Å². The van der Waals surface area contributed by atoms with Gasteiger partial charge in [-0.05, 0) is 37.8 Å². The van der Waals surface area contributed by atoms with Gasteiger partial charge in [-0.25, -0.2) is 4.98 Å². The summed E-state index contributed by atoms with van der Waals surface area (Å²) >= 11 is 1.93. The van der Waals surface area contributed by atoms with E-state index in [4.69, 9.17) is 0 Å². The Morgan fingerprint density at radius 2 is 2.22 bits per heavy atom. The van der Waals surface area contributed by atoms with Crippen LogP contribution in [0, 0.1) is 5.92 Å². The number of aryl methyl sites for hydroxylation is 1. The fourth-order valence-electron chi connectivity index (χ4n) is 2.20. The fraction of sp³-hybridized carbons (Fsp3) is 0.786. The quantitative estimate of drug-likeness (QED) is 0.747. The van der Waals surface area contributed by atoms with Gasteiger partial charge in [-0.2, -0.15) is 11.8 Å². The van der Waals surface area contributed by atoms with Crippen LogP contribution in [0.15, 0.2) is 12.4 Å². The van der Waals surface area contributed by atoms with Crippen molar-refractivity contribution in [1.29, 1.82) is 0 Å². The van der Waals surface area contributed by atoms with Gasteiger partial charge in [0.15, 0.2) is 0 Å². The summed E-state index contributed by atoms with van der Waals surface area (Å²) in [5.74, 6) is 3.08. The summed E-state index contributed by atoms with van der Waals surface area (Å²) < 4.78 is 2.24. The van der Waals surface area contributed by atoms with Crippen molar-refractivity contribution >= 4 is 11.8 Å². The lowest BCUT2D eigenvalue weighted by Gasteiger charge is -2.24. The molecule has 0 saturated heterocycles. The molecule has 1 aromatic rings. The van der Waals surface area contributed by atoms with E-state index in [1.165, 1.54) is 18.0 Å². The van der Waals surface area contributed by atoms with Crippen LogP contribution in [0.1, 0.15) is 33.0 Å². The Labute approximate surface area is 116 Å². The van der Waals surface area contributed by atoms with Gasteiger partial charge in [0.1, 0.15) is 5.82 Å². The molecule has 1 heterocycles. The highest BCUT2D eigenvalue weighted by Gasteiger charge is 2.18. The molecule has 1 rings (SSSR count). The number of rotatable bonds is 9. The summed E-state index contributed by atoms with van der Waals surface area (Å²) in [5.41, 5.74) is 0. The second kappa shape index (κ2) is 8.59. The third-order valence-corrected chi connectivity index (χ3v) is 4.18. The maximum atomic E-state index is 4.49. The number of hydrogen-bond donors (Lipinski definition) is 1. The van der Waals surface area contributed by atoms with Crippen LogP contribution in [0.4, 0.5) is 0 Å². The summed E-state index contributed by atoms with van der Waals surface area (Å²) in [7, 11) is 0. The van der Waals surface area contributed by atoms with Gasteiger partial charge in [-0.1, -0.05) is 13.8 Å². The lowest BCUT2D eigenvalue weighted by molar-refractivity contribution is 0.391. The Hall–Kier alpha value is -0.480. The van der Waals surface area contributed by atoms with Crippen molar-refractivity contribution in [3.05, 3.63) is 18.2 Å². The lowest BCUT2D eigenvalue weighted by Crippen LogP contribution is -2.39. The second-order valence-corrected chi connectivity index (χ2v) is 5.74. The molecular weight excluding hydrogens is 242 g/mol. The first-order chi connectivity index (χ1) is 8.72. The summed E-state index contributed by atoms with van der Waals surface area (Å²) in [6, 6.07) is 0.533. The molecule has 1 aromatic heterocycles. The molecule has 0 bridgehead atoms. The van der Waals surface area contributed by atoms with E-state index in [1.807, 2.05) is 18.0 Å². The number of imidazole rings is 1. The van der Waals surface area contributed by atoms with Crippen molar-refractivity contribution in [2.45, 2.75) is 46.2 Å². The molecule has 4 heteroatoms. The number of nitrogens with one attached hydrogen (secondary N) is 1. The minimum absolute atomic E-state index is 0.533. The Morgan fingerprint density at radius 1 is 1.44 bits per heavy atom. The van der Waals surface area contributed by atoms with Gasteiger partial charge in [-0.3, -0.25) is 0 Å². The van der Waals surface area contributed by atoms with Crippen molar-refractivity contribution in [2.24, 2.45) is 5.92 Å². The standard InChI is InChI=1S/C14H27N3S/c1-5-7-15-13(12(3)11-18-4)10-14-16-8-9-17(14)6-2/h8-9,12-13,15H,5-7,10-11H2,1-4H3. The average Bonchev–Trinajstić information content (AvgIpc) is 2.81. The molecule has 2 unspecified atom stereocenters. The molecule has 3 nitrogen and oxygen atoms in total. The molecule has 2 atom stereocenters. The van der Waals surface area contributed by atoms with E-state index >= 15 is 0 Å². The van der Waals surface area contributed by atoms with Crippen LogP contribution in [0.25, 0.3) is 0 Å². The number of thioether (sulfide) groups is 1. The molecule has 0 aliphatic rings. The summed E-state index contributed by atoms with van der Waals surface area (Å²) in [4.78, 5) is 4.49. The number of aromatic nitrogens is 2. The monoisotopic (exact) mass is 269 g/mol. The lowest BCUT2D eigenvalue weighted by atomic mass is 10.00. The third-order valence-electron chi connectivity index (χ3n) is 3.32. The van der Waals surface area contributed by atoms with Crippen molar-refractivity contribution in [1.82, 2.24) is 14.9 Å². The zero-order valence-corrected chi connectivity index (χ0v) is 13.0. The van der Waals surface area contributed by atoms with Crippen molar-refractivity contribution in [3.63, 3.8) is 0 Å². The minimum Gasteiger partial charge on any atom is -0.335 e. The molecule has 0 aliphatic heterocycles. The number of nitrogens with zero attached hydrogens (tertiary/aromatic N) is 2. The Balaban J connectivity index is 2.64. The van der Waals surface area contributed by atoms with Gasteiger partial charge in [0.05, 0.1) is 0 Å². The summed E-state index contributed by atoms with van der Waals surface area (Å²) in [6.07, 6.45) is 8.38. The van der Waals surface area contributed by atoms with Gasteiger partial charge in [0.2, 0.25) is 0 Å². The highest BCUT2D eigenvalue weighted by molar-refractivity contribution is 7.98. The first kappa shape index (κ1) is 15.6.